The molecule has 0 amide bonds. The van der Waals surface area contributed by atoms with Crippen molar-refractivity contribution in [3.63, 3.8) is 0 Å². The van der Waals surface area contributed by atoms with Crippen molar-refractivity contribution in [1.29, 1.82) is 0 Å². The number of aliphatic hydroxyl groups is 3. The molecule has 18 heavy (non-hydrogen) atoms. The number of aliphatic hydroxyl groups excluding tert-OH is 3. The number of ether oxygens (including phenoxy) is 3. The van der Waals surface area contributed by atoms with E-state index in [1.54, 1.807) is 6.92 Å². The van der Waals surface area contributed by atoms with Crippen LogP contribution in [0.4, 0.5) is 0 Å². The van der Waals surface area contributed by atoms with E-state index in [0.29, 0.717) is 6.61 Å². The summed E-state index contributed by atoms with van der Waals surface area (Å²) >= 11 is 0. The van der Waals surface area contributed by atoms with Crippen molar-refractivity contribution in [1.82, 2.24) is 0 Å². The molecule has 0 saturated carbocycles. The van der Waals surface area contributed by atoms with Crippen LogP contribution in [0.2, 0.25) is 0 Å². The summed E-state index contributed by atoms with van der Waals surface area (Å²) in [6.45, 7) is 2.70. The minimum atomic E-state index is -1.24. The summed E-state index contributed by atoms with van der Waals surface area (Å²) in [4.78, 5) is 0. The fourth-order valence-electron chi connectivity index (χ4n) is 2.29. The molecular weight excluding hydrogens is 240 g/mol. The molecule has 6 heteroatoms. The van der Waals surface area contributed by atoms with Gasteiger partial charge in [-0.2, -0.15) is 0 Å². The zero-order valence-corrected chi connectivity index (χ0v) is 10.6. The van der Waals surface area contributed by atoms with E-state index in [1.165, 1.54) is 0 Å². The van der Waals surface area contributed by atoms with Gasteiger partial charge in [0, 0.05) is 6.61 Å². The Labute approximate surface area is 106 Å². The molecule has 0 aliphatic carbocycles. The highest BCUT2D eigenvalue weighted by molar-refractivity contribution is 4.87. The first kappa shape index (κ1) is 14.2. The van der Waals surface area contributed by atoms with Gasteiger partial charge in [-0.1, -0.05) is 0 Å². The molecule has 6 unspecified atom stereocenters. The van der Waals surface area contributed by atoms with Crippen LogP contribution in [0.3, 0.4) is 0 Å². The molecule has 0 spiro atoms. The van der Waals surface area contributed by atoms with Gasteiger partial charge in [-0.25, -0.2) is 0 Å². The first-order valence-electron chi connectivity index (χ1n) is 6.52. The summed E-state index contributed by atoms with van der Waals surface area (Å²) in [5.41, 5.74) is 0. The lowest BCUT2D eigenvalue weighted by atomic mass is 10.00. The predicted molar refractivity (Wildman–Crippen MR) is 61.9 cm³/mol. The molecule has 2 rings (SSSR count). The number of hydrogen-bond acceptors (Lipinski definition) is 6. The van der Waals surface area contributed by atoms with E-state index in [9.17, 15) is 15.3 Å². The smallest absolute Gasteiger partial charge is 0.186 e. The standard InChI is InChI=1S/C12H22O6/c1-7-9(13)10(14)11(15)12(18-7)17-6-8-4-2-3-5-16-8/h7-15H,2-6H2,1H3. The molecule has 6 atom stereocenters. The van der Waals surface area contributed by atoms with E-state index in [-0.39, 0.29) is 6.10 Å². The second-order valence-corrected chi connectivity index (χ2v) is 5.00. The van der Waals surface area contributed by atoms with Gasteiger partial charge in [0.1, 0.15) is 18.3 Å². The maximum absolute atomic E-state index is 9.75. The Balaban J connectivity index is 1.80. The molecule has 0 radical (unpaired) electrons. The van der Waals surface area contributed by atoms with Gasteiger partial charge in [-0.15, -0.1) is 0 Å². The molecule has 0 aromatic rings. The van der Waals surface area contributed by atoms with E-state index in [1.807, 2.05) is 0 Å². The predicted octanol–water partition coefficient (Wildman–Crippen LogP) is -0.600. The van der Waals surface area contributed by atoms with E-state index in [4.69, 9.17) is 14.2 Å². The lowest BCUT2D eigenvalue weighted by Crippen LogP contribution is -2.57. The van der Waals surface area contributed by atoms with Crippen molar-refractivity contribution >= 4 is 0 Å². The molecule has 6 nitrogen and oxygen atoms in total. The van der Waals surface area contributed by atoms with E-state index >= 15 is 0 Å². The normalized spacial score (nSPS) is 46.0. The first-order valence-corrected chi connectivity index (χ1v) is 6.52. The SMILES string of the molecule is CC1OC(OCC2CCCCO2)C(O)C(O)C1O. The van der Waals surface area contributed by atoms with Gasteiger partial charge < -0.3 is 29.5 Å². The largest absolute Gasteiger partial charge is 0.388 e. The van der Waals surface area contributed by atoms with Crippen LogP contribution in [0.1, 0.15) is 26.2 Å². The summed E-state index contributed by atoms with van der Waals surface area (Å²) in [7, 11) is 0. The first-order chi connectivity index (χ1) is 8.59. The monoisotopic (exact) mass is 262 g/mol. The minimum Gasteiger partial charge on any atom is -0.388 e. The van der Waals surface area contributed by atoms with Crippen LogP contribution in [0, 0.1) is 0 Å². The lowest BCUT2D eigenvalue weighted by molar-refractivity contribution is -0.298. The Morgan fingerprint density at radius 3 is 2.56 bits per heavy atom. The highest BCUT2D eigenvalue weighted by Crippen LogP contribution is 2.22. The fraction of sp³-hybridized carbons (Fsp3) is 1.00. The number of rotatable bonds is 3. The van der Waals surface area contributed by atoms with Gasteiger partial charge in [-0.05, 0) is 26.2 Å². The van der Waals surface area contributed by atoms with E-state index in [2.05, 4.69) is 0 Å². The lowest BCUT2D eigenvalue weighted by Gasteiger charge is -2.39. The maximum atomic E-state index is 9.75. The van der Waals surface area contributed by atoms with Crippen LogP contribution in [-0.4, -0.2) is 65.3 Å². The second kappa shape index (κ2) is 6.27. The summed E-state index contributed by atoms with van der Waals surface area (Å²) in [5.74, 6) is 0. The van der Waals surface area contributed by atoms with Crippen molar-refractivity contribution in [3.05, 3.63) is 0 Å². The molecular formula is C12H22O6. The Bertz CT molecular complexity index is 255. The summed E-state index contributed by atoms with van der Waals surface area (Å²) in [5, 5.41) is 28.9. The summed E-state index contributed by atoms with van der Waals surface area (Å²) in [6, 6.07) is 0. The van der Waals surface area contributed by atoms with Gasteiger partial charge in [0.25, 0.3) is 0 Å². The van der Waals surface area contributed by atoms with E-state index < -0.39 is 30.7 Å². The third-order valence-electron chi connectivity index (χ3n) is 3.53. The molecule has 106 valence electrons. The molecule has 2 aliphatic rings. The van der Waals surface area contributed by atoms with Gasteiger partial charge in [0.2, 0.25) is 0 Å². The second-order valence-electron chi connectivity index (χ2n) is 5.00. The Kier molecular flexibility index (Phi) is 4.94. The molecule has 3 N–H and O–H groups in total. The van der Waals surface area contributed by atoms with Crippen LogP contribution in [-0.2, 0) is 14.2 Å². The van der Waals surface area contributed by atoms with E-state index in [0.717, 1.165) is 25.9 Å². The maximum Gasteiger partial charge on any atom is 0.186 e. The van der Waals surface area contributed by atoms with Gasteiger partial charge in [0.15, 0.2) is 6.29 Å². The third kappa shape index (κ3) is 3.20. The topological polar surface area (TPSA) is 88.4 Å². The summed E-state index contributed by atoms with van der Waals surface area (Å²) < 4.78 is 16.3. The number of hydrogen-bond donors (Lipinski definition) is 3. The molecule has 2 saturated heterocycles. The van der Waals surface area contributed by atoms with Gasteiger partial charge in [0.05, 0.1) is 18.8 Å². The molecule has 2 heterocycles. The highest BCUT2D eigenvalue weighted by Gasteiger charge is 2.42. The molecule has 2 fully saturated rings. The Hall–Kier alpha value is -0.240. The Morgan fingerprint density at radius 1 is 1.11 bits per heavy atom. The van der Waals surface area contributed by atoms with Crippen molar-refractivity contribution < 1.29 is 29.5 Å². The van der Waals surface area contributed by atoms with Gasteiger partial charge >= 0.3 is 0 Å². The van der Waals surface area contributed by atoms with Crippen LogP contribution >= 0.6 is 0 Å². The van der Waals surface area contributed by atoms with Crippen LogP contribution in [0.5, 0.6) is 0 Å². The average molecular weight is 262 g/mol. The van der Waals surface area contributed by atoms with Crippen LogP contribution in [0.15, 0.2) is 0 Å². The van der Waals surface area contributed by atoms with Crippen LogP contribution < -0.4 is 0 Å². The zero-order valence-electron chi connectivity index (χ0n) is 10.6. The summed E-state index contributed by atoms with van der Waals surface area (Å²) in [6.07, 6.45) is -1.92. The van der Waals surface area contributed by atoms with Crippen molar-refractivity contribution in [2.24, 2.45) is 0 Å². The molecule has 2 aliphatic heterocycles. The van der Waals surface area contributed by atoms with Crippen molar-refractivity contribution in [2.45, 2.75) is 63.0 Å². The Morgan fingerprint density at radius 2 is 1.89 bits per heavy atom. The highest BCUT2D eigenvalue weighted by atomic mass is 16.7. The van der Waals surface area contributed by atoms with Crippen molar-refractivity contribution in [2.75, 3.05) is 13.2 Å². The fourth-order valence-corrected chi connectivity index (χ4v) is 2.29. The molecule has 0 aromatic heterocycles. The molecule has 0 bridgehead atoms. The van der Waals surface area contributed by atoms with Gasteiger partial charge in [-0.3, -0.25) is 0 Å². The minimum absolute atomic E-state index is 0.0221. The average Bonchev–Trinajstić information content (AvgIpc) is 2.40. The zero-order chi connectivity index (χ0) is 13.1. The molecule has 0 aromatic carbocycles. The van der Waals surface area contributed by atoms with Crippen molar-refractivity contribution in [3.8, 4) is 0 Å². The third-order valence-corrected chi connectivity index (χ3v) is 3.53. The quantitative estimate of drug-likeness (QED) is 0.629. The van der Waals surface area contributed by atoms with Crippen LogP contribution in [0.25, 0.3) is 0 Å².